The fourth-order valence-electron chi connectivity index (χ4n) is 3.04. The molecule has 1 amide bonds. The van der Waals surface area contributed by atoms with Crippen LogP contribution in [0.4, 0.5) is 0 Å². The number of sulfonamides is 1. The lowest BCUT2D eigenvalue weighted by molar-refractivity contribution is 0.0941. The van der Waals surface area contributed by atoms with Gasteiger partial charge in [0.25, 0.3) is 5.91 Å². The van der Waals surface area contributed by atoms with Crippen LogP contribution in [0.5, 0.6) is 0 Å². The van der Waals surface area contributed by atoms with E-state index >= 15 is 0 Å². The van der Waals surface area contributed by atoms with Crippen molar-refractivity contribution < 1.29 is 13.2 Å². The van der Waals surface area contributed by atoms with E-state index in [2.05, 4.69) is 21.9 Å². The van der Waals surface area contributed by atoms with Gasteiger partial charge >= 0.3 is 0 Å². The van der Waals surface area contributed by atoms with E-state index in [0.717, 1.165) is 25.9 Å². The molecule has 0 bridgehead atoms. The van der Waals surface area contributed by atoms with E-state index in [4.69, 9.17) is 0 Å². The molecule has 1 fully saturated rings. The Labute approximate surface area is 144 Å². The van der Waals surface area contributed by atoms with Gasteiger partial charge in [-0.2, -0.15) is 0 Å². The SMILES string of the molecule is CCN1CCCC1CNC(=O)c1cccc(S(=O)(=O)NC(C)C)c1. The third-order valence-electron chi connectivity index (χ3n) is 4.20. The minimum Gasteiger partial charge on any atom is -0.350 e. The summed E-state index contributed by atoms with van der Waals surface area (Å²) >= 11 is 0. The highest BCUT2D eigenvalue weighted by Crippen LogP contribution is 2.16. The molecule has 6 nitrogen and oxygen atoms in total. The summed E-state index contributed by atoms with van der Waals surface area (Å²) in [6.07, 6.45) is 2.24. The Hall–Kier alpha value is -1.44. The standard InChI is InChI=1S/C17H27N3O3S/c1-4-20-10-6-8-15(20)12-18-17(21)14-7-5-9-16(11-14)24(22,23)19-13(2)3/h5,7,9,11,13,15,19H,4,6,8,10,12H2,1-3H3,(H,18,21). The van der Waals surface area contributed by atoms with E-state index in [-0.39, 0.29) is 16.8 Å². The van der Waals surface area contributed by atoms with Crippen LogP contribution in [0, 0.1) is 0 Å². The molecule has 0 saturated carbocycles. The monoisotopic (exact) mass is 353 g/mol. The predicted molar refractivity (Wildman–Crippen MR) is 94.5 cm³/mol. The molecule has 0 aliphatic carbocycles. The number of likely N-dealkylation sites (N-methyl/N-ethyl adjacent to an activating group) is 1. The summed E-state index contributed by atoms with van der Waals surface area (Å²) in [4.78, 5) is 14.8. The van der Waals surface area contributed by atoms with E-state index < -0.39 is 10.0 Å². The molecule has 1 atom stereocenters. The second kappa shape index (κ2) is 8.09. The summed E-state index contributed by atoms with van der Waals surface area (Å²) in [5.41, 5.74) is 0.364. The second-order valence-corrected chi connectivity index (χ2v) is 8.15. The summed E-state index contributed by atoms with van der Waals surface area (Å²) in [7, 11) is -3.60. The first-order valence-corrected chi connectivity index (χ1v) is 9.96. The van der Waals surface area contributed by atoms with Crippen molar-refractivity contribution in [2.75, 3.05) is 19.6 Å². The average Bonchev–Trinajstić information content (AvgIpc) is 2.99. The third-order valence-corrected chi connectivity index (χ3v) is 5.86. The van der Waals surface area contributed by atoms with Gasteiger partial charge in [-0.25, -0.2) is 13.1 Å². The summed E-state index contributed by atoms with van der Waals surface area (Å²) in [6, 6.07) is 6.32. The molecular formula is C17H27N3O3S. The van der Waals surface area contributed by atoms with Gasteiger partial charge in [0, 0.05) is 24.2 Å². The molecule has 0 spiro atoms. The summed E-state index contributed by atoms with van der Waals surface area (Å²) < 4.78 is 27.0. The van der Waals surface area contributed by atoms with Crippen LogP contribution in [-0.2, 0) is 10.0 Å². The Morgan fingerprint density at radius 1 is 1.38 bits per heavy atom. The molecule has 7 heteroatoms. The molecule has 2 N–H and O–H groups in total. The Morgan fingerprint density at radius 2 is 2.12 bits per heavy atom. The maximum atomic E-state index is 12.4. The van der Waals surface area contributed by atoms with Crippen LogP contribution >= 0.6 is 0 Å². The van der Waals surface area contributed by atoms with Crippen molar-refractivity contribution in [1.82, 2.24) is 14.9 Å². The molecule has 1 aromatic carbocycles. The lowest BCUT2D eigenvalue weighted by Crippen LogP contribution is -2.40. The molecule has 1 saturated heterocycles. The molecule has 134 valence electrons. The van der Waals surface area contributed by atoms with Gasteiger partial charge in [0.2, 0.25) is 10.0 Å². The number of rotatable bonds is 7. The van der Waals surface area contributed by atoms with Gasteiger partial charge in [0.1, 0.15) is 0 Å². The smallest absolute Gasteiger partial charge is 0.251 e. The topological polar surface area (TPSA) is 78.5 Å². The number of likely N-dealkylation sites (tertiary alicyclic amines) is 1. The molecule has 0 radical (unpaired) electrons. The van der Waals surface area contributed by atoms with Crippen molar-refractivity contribution in [1.29, 1.82) is 0 Å². The molecule has 1 aliphatic rings. The van der Waals surface area contributed by atoms with Gasteiger partial charge in [0.05, 0.1) is 4.90 Å². The highest BCUT2D eigenvalue weighted by molar-refractivity contribution is 7.89. The van der Waals surface area contributed by atoms with Crippen LogP contribution in [0.25, 0.3) is 0 Å². The number of hydrogen-bond acceptors (Lipinski definition) is 4. The number of amides is 1. The normalized spacial score (nSPS) is 18.9. The largest absolute Gasteiger partial charge is 0.350 e. The lowest BCUT2D eigenvalue weighted by Gasteiger charge is -2.22. The average molecular weight is 353 g/mol. The van der Waals surface area contributed by atoms with E-state index in [1.807, 2.05) is 0 Å². The fraction of sp³-hybridized carbons (Fsp3) is 0.588. The molecule has 1 aromatic rings. The van der Waals surface area contributed by atoms with Gasteiger partial charge in [-0.3, -0.25) is 9.69 Å². The number of carbonyl (C=O) groups is 1. The third kappa shape index (κ3) is 4.78. The van der Waals surface area contributed by atoms with Crippen molar-refractivity contribution in [3.63, 3.8) is 0 Å². The molecular weight excluding hydrogens is 326 g/mol. The quantitative estimate of drug-likeness (QED) is 0.780. The lowest BCUT2D eigenvalue weighted by atomic mass is 10.2. The summed E-state index contributed by atoms with van der Waals surface area (Å²) in [6.45, 7) is 8.29. The maximum Gasteiger partial charge on any atom is 0.251 e. The van der Waals surface area contributed by atoms with Crippen LogP contribution in [0.1, 0.15) is 44.0 Å². The second-order valence-electron chi connectivity index (χ2n) is 6.44. The Balaban J connectivity index is 2.04. The van der Waals surface area contributed by atoms with Crippen LogP contribution < -0.4 is 10.0 Å². The van der Waals surface area contributed by atoms with Crippen LogP contribution in [0.3, 0.4) is 0 Å². The van der Waals surface area contributed by atoms with Gasteiger partial charge in [0.15, 0.2) is 0 Å². The fourth-order valence-corrected chi connectivity index (χ4v) is 4.33. The predicted octanol–water partition coefficient (Wildman–Crippen LogP) is 1.59. The van der Waals surface area contributed by atoms with Crippen molar-refractivity contribution >= 4 is 15.9 Å². The molecule has 24 heavy (non-hydrogen) atoms. The first-order chi connectivity index (χ1) is 11.3. The first-order valence-electron chi connectivity index (χ1n) is 8.48. The van der Waals surface area contributed by atoms with Gasteiger partial charge in [-0.1, -0.05) is 13.0 Å². The highest BCUT2D eigenvalue weighted by atomic mass is 32.2. The molecule has 2 rings (SSSR count). The molecule has 0 aromatic heterocycles. The Kier molecular flexibility index (Phi) is 6.37. The Morgan fingerprint density at radius 3 is 2.79 bits per heavy atom. The van der Waals surface area contributed by atoms with Crippen LogP contribution in [-0.4, -0.2) is 50.9 Å². The van der Waals surface area contributed by atoms with Crippen LogP contribution in [0.2, 0.25) is 0 Å². The number of carbonyl (C=O) groups excluding carboxylic acids is 1. The van der Waals surface area contributed by atoms with Crippen molar-refractivity contribution in [2.45, 2.75) is 50.6 Å². The first kappa shape index (κ1) is 18.9. The van der Waals surface area contributed by atoms with E-state index in [9.17, 15) is 13.2 Å². The number of nitrogens with one attached hydrogen (secondary N) is 2. The van der Waals surface area contributed by atoms with E-state index in [0.29, 0.717) is 18.2 Å². The number of nitrogens with zero attached hydrogens (tertiary/aromatic N) is 1. The molecule has 1 heterocycles. The van der Waals surface area contributed by atoms with E-state index in [1.165, 1.54) is 12.1 Å². The minimum atomic E-state index is -3.60. The van der Waals surface area contributed by atoms with Crippen molar-refractivity contribution in [3.05, 3.63) is 29.8 Å². The van der Waals surface area contributed by atoms with Crippen LogP contribution in [0.15, 0.2) is 29.2 Å². The highest BCUT2D eigenvalue weighted by Gasteiger charge is 2.23. The zero-order chi connectivity index (χ0) is 17.7. The summed E-state index contributed by atoms with van der Waals surface area (Å²) in [5.74, 6) is -0.237. The van der Waals surface area contributed by atoms with Gasteiger partial charge in [-0.15, -0.1) is 0 Å². The molecule has 1 aliphatic heterocycles. The van der Waals surface area contributed by atoms with Gasteiger partial charge in [-0.05, 0) is 58.0 Å². The van der Waals surface area contributed by atoms with Gasteiger partial charge < -0.3 is 5.32 Å². The molecule has 1 unspecified atom stereocenters. The van der Waals surface area contributed by atoms with Crippen molar-refractivity contribution in [2.24, 2.45) is 0 Å². The number of benzene rings is 1. The minimum absolute atomic E-state index is 0.111. The zero-order valence-corrected chi connectivity index (χ0v) is 15.4. The van der Waals surface area contributed by atoms with E-state index in [1.54, 1.807) is 26.0 Å². The summed E-state index contributed by atoms with van der Waals surface area (Å²) in [5, 5.41) is 2.93. The number of hydrogen-bond donors (Lipinski definition) is 2. The zero-order valence-electron chi connectivity index (χ0n) is 14.6. The maximum absolute atomic E-state index is 12.4. The van der Waals surface area contributed by atoms with Crippen molar-refractivity contribution in [3.8, 4) is 0 Å². The Bertz CT molecular complexity index is 673.